The molecule has 9 nitrogen and oxygen atoms in total. The van der Waals surface area contributed by atoms with E-state index in [1.807, 2.05) is 6.92 Å². The van der Waals surface area contributed by atoms with Gasteiger partial charge in [0.05, 0.1) is 20.0 Å². The number of anilines is 1. The van der Waals surface area contributed by atoms with E-state index in [1.165, 1.54) is 11.3 Å². The van der Waals surface area contributed by atoms with E-state index in [0.29, 0.717) is 28.1 Å². The van der Waals surface area contributed by atoms with Crippen LogP contribution in [0.3, 0.4) is 0 Å². The number of thioether (sulfide) groups is 1. The number of carbonyl (C=O) groups is 1. The highest BCUT2D eigenvalue weighted by Gasteiger charge is 2.14. The predicted octanol–water partition coefficient (Wildman–Crippen LogP) is 2.90. The highest BCUT2D eigenvalue weighted by atomic mass is 32.2. The molecule has 0 atom stereocenters. The van der Waals surface area contributed by atoms with E-state index in [9.17, 15) is 4.79 Å². The third-order valence-corrected chi connectivity index (χ3v) is 5.15. The summed E-state index contributed by atoms with van der Waals surface area (Å²) in [6, 6.07) is 5.27. The second-order valence-electron chi connectivity index (χ2n) is 5.17. The van der Waals surface area contributed by atoms with Crippen LogP contribution in [0.4, 0.5) is 5.13 Å². The van der Waals surface area contributed by atoms with Crippen LogP contribution in [0, 0.1) is 0 Å². The van der Waals surface area contributed by atoms with Gasteiger partial charge < -0.3 is 13.9 Å². The molecule has 3 rings (SSSR count). The molecule has 1 N–H and O–H groups in total. The van der Waals surface area contributed by atoms with Crippen LogP contribution in [0.25, 0.3) is 11.5 Å². The molecule has 0 fully saturated rings. The number of aryl methyl sites for hydroxylation is 1. The third kappa shape index (κ3) is 4.95. The van der Waals surface area contributed by atoms with Crippen molar-refractivity contribution in [2.45, 2.75) is 18.6 Å². The number of rotatable bonds is 8. The lowest BCUT2D eigenvalue weighted by molar-refractivity contribution is -0.113. The molecule has 27 heavy (non-hydrogen) atoms. The maximum atomic E-state index is 12.0. The largest absolute Gasteiger partial charge is 0.497 e. The zero-order chi connectivity index (χ0) is 19.2. The van der Waals surface area contributed by atoms with E-state index >= 15 is 0 Å². The lowest BCUT2D eigenvalue weighted by Crippen LogP contribution is -2.13. The molecule has 0 spiro atoms. The molecule has 0 unspecified atom stereocenters. The van der Waals surface area contributed by atoms with E-state index in [4.69, 9.17) is 13.9 Å². The van der Waals surface area contributed by atoms with Crippen LogP contribution in [-0.2, 0) is 11.2 Å². The Balaban J connectivity index is 1.61. The Morgan fingerprint density at radius 3 is 2.52 bits per heavy atom. The van der Waals surface area contributed by atoms with E-state index in [2.05, 4.69) is 25.7 Å². The molecule has 0 bridgehead atoms. The molecular formula is C16H17N5O4S2. The van der Waals surface area contributed by atoms with Gasteiger partial charge in [-0.15, -0.1) is 20.4 Å². The Morgan fingerprint density at radius 2 is 1.89 bits per heavy atom. The average Bonchev–Trinajstić information content (AvgIpc) is 3.35. The van der Waals surface area contributed by atoms with Gasteiger partial charge in [0.15, 0.2) is 0 Å². The molecule has 0 radical (unpaired) electrons. The molecule has 0 aliphatic heterocycles. The van der Waals surface area contributed by atoms with Crippen LogP contribution in [0.15, 0.2) is 27.8 Å². The molecule has 0 saturated carbocycles. The highest BCUT2D eigenvalue weighted by molar-refractivity contribution is 7.99. The standard InChI is InChI=1S/C16H17N5O4S2/c1-4-13-18-20-15(27-13)17-12(22)8-26-16-21-19-14(25-16)9-5-10(23-2)7-11(6-9)24-3/h5-7H,4,8H2,1-3H3,(H,17,20,22). The van der Waals surface area contributed by atoms with E-state index in [1.54, 1.807) is 32.4 Å². The first-order valence-electron chi connectivity index (χ1n) is 7.93. The van der Waals surface area contributed by atoms with Crippen molar-refractivity contribution in [3.8, 4) is 23.0 Å². The molecule has 142 valence electrons. The summed E-state index contributed by atoms with van der Waals surface area (Å²) in [6.07, 6.45) is 0.780. The average molecular weight is 407 g/mol. The van der Waals surface area contributed by atoms with Crippen molar-refractivity contribution in [2.75, 3.05) is 25.3 Å². The molecule has 1 aromatic carbocycles. The summed E-state index contributed by atoms with van der Waals surface area (Å²) >= 11 is 2.49. The Kier molecular flexibility index (Phi) is 6.24. The second kappa shape index (κ2) is 8.82. The first-order valence-corrected chi connectivity index (χ1v) is 9.73. The maximum absolute atomic E-state index is 12.0. The first kappa shape index (κ1) is 19.1. The molecule has 2 aromatic heterocycles. The summed E-state index contributed by atoms with van der Waals surface area (Å²) < 4.78 is 16.1. The number of hydrogen-bond acceptors (Lipinski definition) is 10. The van der Waals surface area contributed by atoms with Gasteiger partial charge in [-0.05, 0) is 18.6 Å². The van der Waals surface area contributed by atoms with Crippen molar-refractivity contribution in [2.24, 2.45) is 0 Å². The predicted molar refractivity (Wildman–Crippen MR) is 101 cm³/mol. The topological polar surface area (TPSA) is 112 Å². The van der Waals surface area contributed by atoms with Crippen LogP contribution in [0.2, 0.25) is 0 Å². The number of carbonyl (C=O) groups excluding carboxylic acids is 1. The zero-order valence-corrected chi connectivity index (χ0v) is 16.5. The highest BCUT2D eigenvalue weighted by Crippen LogP contribution is 2.30. The van der Waals surface area contributed by atoms with Crippen molar-refractivity contribution in [3.63, 3.8) is 0 Å². The monoisotopic (exact) mass is 407 g/mol. The minimum atomic E-state index is -0.221. The van der Waals surface area contributed by atoms with Gasteiger partial charge in [-0.1, -0.05) is 30.0 Å². The second-order valence-corrected chi connectivity index (χ2v) is 7.15. The van der Waals surface area contributed by atoms with Crippen molar-refractivity contribution in [1.82, 2.24) is 20.4 Å². The zero-order valence-electron chi connectivity index (χ0n) is 14.9. The molecule has 1 amide bonds. The Morgan fingerprint density at radius 1 is 1.15 bits per heavy atom. The number of nitrogens with zero attached hydrogens (tertiary/aromatic N) is 4. The summed E-state index contributed by atoms with van der Waals surface area (Å²) in [4.78, 5) is 12.0. The SMILES string of the molecule is CCc1nnc(NC(=O)CSc2nnc(-c3cc(OC)cc(OC)c3)o2)s1. The number of methoxy groups -OCH3 is 2. The van der Waals surface area contributed by atoms with Crippen LogP contribution in [0.5, 0.6) is 11.5 Å². The van der Waals surface area contributed by atoms with Gasteiger partial charge >= 0.3 is 0 Å². The minimum Gasteiger partial charge on any atom is -0.497 e. The van der Waals surface area contributed by atoms with Crippen LogP contribution in [0.1, 0.15) is 11.9 Å². The molecule has 3 aromatic rings. The Labute approximate surface area is 163 Å². The van der Waals surface area contributed by atoms with E-state index in [-0.39, 0.29) is 16.9 Å². The van der Waals surface area contributed by atoms with E-state index in [0.717, 1.165) is 23.2 Å². The van der Waals surface area contributed by atoms with Crippen molar-refractivity contribution in [3.05, 3.63) is 23.2 Å². The summed E-state index contributed by atoms with van der Waals surface area (Å²) in [5, 5.41) is 20.2. The van der Waals surface area contributed by atoms with Gasteiger partial charge in [-0.2, -0.15) is 0 Å². The minimum absolute atomic E-state index is 0.115. The van der Waals surface area contributed by atoms with Crippen LogP contribution in [-0.4, -0.2) is 46.3 Å². The fraction of sp³-hybridized carbons (Fsp3) is 0.312. The molecule has 0 aliphatic rings. The number of nitrogens with one attached hydrogen (secondary N) is 1. The van der Waals surface area contributed by atoms with Crippen molar-refractivity contribution < 1.29 is 18.7 Å². The molecule has 0 aliphatic carbocycles. The molecule has 0 saturated heterocycles. The van der Waals surface area contributed by atoms with Crippen LogP contribution < -0.4 is 14.8 Å². The summed E-state index contributed by atoms with van der Waals surface area (Å²) in [7, 11) is 3.13. The lowest BCUT2D eigenvalue weighted by Gasteiger charge is -2.05. The van der Waals surface area contributed by atoms with Crippen molar-refractivity contribution >= 4 is 34.1 Å². The smallest absolute Gasteiger partial charge is 0.277 e. The quantitative estimate of drug-likeness (QED) is 0.563. The Bertz CT molecular complexity index is 905. The maximum Gasteiger partial charge on any atom is 0.277 e. The number of amides is 1. The van der Waals surface area contributed by atoms with Gasteiger partial charge in [0.25, 0.3) is 5.22 Å². The van der Waals surface area contributed by atoms with Crippen LogP contribution >= 0.6 is 23.1 Å². The third-order valence-electron chi connectivity index (χ3n) is 3.35. The number of hydrogen-bond donors (Lipinski definition) is 1. The molecular weight excluding hydrogens is 390 g/mol. The summed E-state index contributed by atoms with van der Waals surface area (Å²) in [6.45, 7) is 1.98. The summed E-state index contributed by atoms with van der Waals surface area (Å²) in [5.74, 6) is 1.43. The summed E-state index contributed by atoms with van der Waals surface area (Å²) in [5.41, 5.74) is 0.663. The van der Waals surface area contributed by atoms with Crippen molar-refractivity contribution in [1.29, 1.82) is 0 Å². The van der Waals surface area contributed by atoms with Gasteiger partial charge in [-0.25, -0.2) is 0 Å². The van der Waals surface area contributed by atoms with Gasteiger partial charge in [-0.3, -0.25) is 10.1 Å². The fourth-order valence-electron chi connectivity index (χ4n) is 2.05. The first-order chi connectivity index (χ1) is 13.1. The number of aromatic nitrogens is 4. The fourth-order valence-corrected chi connectivity index (χ4v) is 3.30. The van der Waals surface area contributed by atoms with Gasteiger partial charge in [0.2, 0.25) is 16.9 Å². The number of ether oxygens (including phenoxy) is 2. The normalized spacial score (nSPS) is 10.6. The lowest BCUT2D eigenvalue weighted by atomic mass is 10.2. The van der Waals surface area contributed by atoms with Gasteiger partial charge in [0.1, 0.15) is 16.5 Å². The number of benzene rings is 1. The molecule has 2 heterocycles. The Hall–Kier alpha value is -2.66. The van der Waals surface area contributed by atoms with E-state index < -0.39 is 0 Å². The van der Waals surface area contributed by atoms with Gasteiger partial charge in [0, 0.05) is 11.6 Å². The molecule has 11 heteroatoms.